The van der Waals surface area contributed by atoms with Crippen molar-refractivity contribution in [2.24, 2.45) is 5.92 Å². The lowest BCUT2D eigenvalue weighted by atomic mass is 9.83. The van der Waals surface area contributed by atoms with E-state index < -0.39 is 23.8 Å². The molecule has 2 N–H and O–H groups in total. The largest absolute Gasteiger partial charge is 0.444 e. The summed E-state index contributed by atoms with van der Waals surface area (Å²) in [6, 6.07) is 9.20. The van der Waals surface area contributed by atoms with E-state index in [0.29, 0.717) is 0 Å². The fraction of sp³-hybridized carbons (Fsp3) is 0.700. The van der Waals surface area contributed by atoms with Gasteiger partial charge in [-0.2, -0.15) is 0 Å². The van der Waals surface area contributed by atoms with Crippen LogP contribution in [0.1, 0.15) is 78.2 Å². The predicted molar refractivity (Wildman–Crippen MR) is 150 cm³/mol. The van der Waals surface area contributed by atoms with Crippen LogP contribution in [-0.4, -0.2) is 78.1 Å². The molecule has 0 spiro atoms. The number of rotatable bonds is 10. The number of ether oxygens (including phenoxy) is 1. The van der Waals surface area contributed by atoms with Gasteiger partial charge in [0.05, 0.1) is 0 Å². The van der Waals surface area contributed by atoms with Crippen molar-refractivity contribution in [3.8, 4) is 0 Å². The lowest BCUT2D eigenvalue weighted by molar-refractivity contribution is -0.140. The second kappa shape index (κ2) is 14.0. The molecule has 3 amide bonds. The van der Waals surface area contributed by atoms with E-state index in [0.717, 1.165) is 64.6 Å². The Morgan fingerprint density at radius 1 is 1.05 bits per heavy atom. The summed E-state index contributed by atoms with van der Waals surface area (Å²) >= 11 is 0. The number of likely N-dealkylation sites (tertiary alicyclic amines) is 1. The summed E-state index contributed by atoms with van der Waals surface area (Å²) in [5, 5.41) is 6.62. The van der Waals surface area contributed by atoms with Crippen LogP contribution in [0.25, 0.3) is 0 Å². The fourth-order valence-corrected chi connectivity index (χ4v) is 5.45. The zero-order chi connectivity index (χ0) is 27.7. The normalized spacial score (nSPS) is 20.0. The average molecular weight is 529 g/mol. The van der Waals surface area contributed by atoms with Gasteiger partial charge in [-0.15, -0.1) is 0 Å². The van der Waals surface area contributed by atoms with Gasteiger partial charge in [-0.3, -0.25) is 14.5 Å². The van der Waals surface area contributed by atoms with Gasteiger partial charge >= 0.3 is 6.09 Å². The molecule has 8 nitrogen and oxygen atoms in total. The van der Waals surface area contributed by atoms with Gasteiger partial charge in [0.2, 0.25) is 11.8 Å². The highest BCUT2D eigenvalue weighted by Gasteiger charge is 2.39. The Bertz CT molecular complexity index is 911. The van der Waals surface area contributed by atoms with Crippen LogP contribution in [0, 0.1) is 5.92 Å². The SMILES string of the molecule is CC(C(=O)NC(C(=O)N1CCCC1CNCCc1ccccc1)C1CCCCC1)N(C)C(=O)OC(C)(C)C. The molecular formula is C30H48N4O4. The van der Waals surface area contributed by atoms with Gasteiger partial charge in [0.25, 0.3) is 0 Å². The van der Waals surface area contributed by atoms with Gasteiger partial charge in [0, 0.05) is 26.2 Å². The Hall–Kier alpha value is -2.61. The number of hydrogen-bond donors (Lipinski definition) is 2. The summed E-state index contributed by atoms with van der Waals surface area (Å²) in [6.07, 6.45) is 7.51. The minimum absolute atomic E-state index is 0.0183. The highest BCUT2D eigenvalue weighted by Crippen LogP contribution is 2.29. The number of carbonyl (C=O) groups is 3. The Morgan fingerprint density at radius 2 is 1.74 bits per heavy atom. The molecule has 3 unspecified atom stereocenters. The standard InChI is InChI=1S/C30H48N4O4/c1-22(33(5)29(37)38-30(2,3)4)27(35)32-26(24-15-10-7-11-16-24)28(36)34-20-12-17-25(34)21-31-19-18-23-13-8-6-9-14-23/h6,8-9,13-14,22,24-26,31H,7,10-12,15-21H2,1-5H3,(H,32,35). The van der Waals surface area contributed by atoms with Gasteiger partial charge in [0.15, 0.2) is 0 Å². The number of carbonyl (C=O) groups excluding carboxylic acids is 3. The molecule has 0 bridgehead atoms. The van der Waals surface area contributed by atoms with E-state index in [1.807, 2.05) is 11.0 Å². The Morgan fingerprint density at radius 3 is 2.39 bits per heavy atom. The minimum atomic E-state index is -0.752. The van der Waals surface area contributed by atoms with Crippen LogP contribution in [0.15, 0.2) is 30.3 Å². The molecule has 2 aliphatic rings. The number of likely N-dealkylation sites (N-methyl/N-ethyl adjacent to an activating group) is 1. The molecule has 212 valence electrons. The summed E-state index contributed by atoms with van der Waals surface area (Å²) in [6.45, 7) is 9.40. The Balaban J connectivity index is 1.62. The molecule has 2 fully saturated rings. The molecular weight excluding hydrogens is 480 g/mol. The number of hydrogen-bond acceptors (Lipinski definition) is 5. The lowest BCUT2D eigenvalue weighted by Gasteiger charge is -2.36. The van der Waals surface area contributed by atoms with Crippen LogP contribution in [-0.2, 0) is 20.7 Å². The molecule has 3 rings (SSSR count). The maximum absolute atomic E-state index is 13.9. The molecule has 0 aromatic heterocycles. The van der Waals surface area contributed by atoms with Crippen molar-refractivity contribution in [1.82, 2.24) is 20.4 Å². The average Bonchev–Trinajstić information content (AvgIpc) is 3.37. The first-order chi connectivity index (χ1) is 18.1. The first-order valence-electron chi connectivity index (χ1n) is 14.4. The molecule has 1 saturated carbocycles. The van der Waals surface area contributed by atoms with Gasteiger partial charge in [-0.25, -0.2) is 4.79 Å². The van der Waals surface area contributed by atoms with Crippen LogP contribution < -0.4 is 10.6 Å². The van der Waals surface area contributed by atoms with E-state index in [4.69, 9.17) is 4.74 Å². The summed E-state index contributed by atoms with van der Waals surface area (Å²) in [5.74, 6) is -0.185. The first kappa shape index (κ1) is 29.9. The molecule has 3 atom stereocenters. The van der Waals surface area contributed by atoms with Crippen LogP contribution >= 0.6 is 0 Å². The van der Waals surface area contributed by atoms with Crippen molar-refractivity contribution in [3.05, 3.63) is 35.9 Å². The second-order valence-corrected chi connectivity index (χ2v) is 11.9. The highest BCUT2D eigenvalue weighted by molar-refractivity contribution is 5.91. The second-order valence-electron chi connectivity index (χ2n) is 11.9. The van der Waals surface area contributed by atoms with E-state index in [1.165, 1.54) is 16.9 Å². The zero-order valence-electron chi connectivity index (χ0n) is 24.0. The summed E-state index contributed by atoms with van der Waals surface area (Å²) < 4.78 is 5.43. The van der Waals surface area contributed by atoms with Crippen molar-refractivity contribution < 1.29 is 19.1 Å². The van der Waals surface area contributed by atoms with E-state index in [1.54, 1.807) is 34.7 Å². The smallest absolute Gasteiger partial charge is 0.410 e. The quantitative estimate of drug-likeness (QED) is 0.446. The molecule has 1 aromatic carbocycles. The number of nitrogens with zero attached hydrogens (tertiary/aromatic N) is 2. The van der Waals surface area contributed by atoms with Crippen molar-refractivity contribution in [2.45, 2.75) is 103 Å². The third-order valence-electron chi connectivity index (χ3n) is 7.80. The summed E-state index contributed by atoms with van der Waals surface area (Å²) in [7, 11) is 1.56. The molecule has 1 aliphatic heterocycles. The van der Waals surface area contributed by atoms with Gasteiger partial charge in [-0.1, -0.05) is 49.6 Å². The summed E-state index contributed by atoms with van der Waals surface area (Å²) in [4.78, 5) is 43.1. The van der Waals surface area contributed by atoms with Crippen LogP contribution in [0.5, 0.6) is 0 Å². The van der Waals surface area contributed by atoms with E-state index in [2.05, 4.69) is 34.9 Å². The fourth-order valence-electron chi connectivity index (χ4n) is 5.45. The van der Waals surface area contributed by atoms with Crippen molar-refractivity contribution in [2.75, 3.05) is 26.7 Å². The van der Waals surface area contributed by atoms with Gasteiger partial charge in [0.1, 0.15) is 17.7 Å². The summed E-state index contributed by atoms with van der Waals surface area (Å²) in [5.41, 5.74) is 0.645. The molecule has 38 heavy (non-hydrogen) atoms. The maximum atomic E-state index is 13.9. The molecule has 1 aliphatic carbocycles. The minimum Gasteiger partial charge on any atom is -0.444 e. The third-order valence-corrected chi connectivity index (χ3v) is 7.80. The van der Waals surface area contributed by atoms with Crippen molar-refractivity contribution in [1.29, 1.82) is 0 Å². The molecule has 1 heterocycles. The molecule has 0 radical (unpaired) electrons. The molecule has 1 aromatic rings. The van der Waals surface area contributed by atoms with Crippen LogP contribution in [0.2, 0.25) is 0 Å². The van der Waals surface area contributed by atoms with Crippen molar-refractivity contribution in [3.63, 3.8) is 0 Å². The molecule has 1 saturated heterocycles. The Labute approximate surface area is 228 Å². The van der Waals surface area contributed by atoms with Gasteiger partial charge < -0.3 is 20.3 Å². The first-order valence-corrected chi connectivity index (χ1v) is 14.4. The van der Waals surface area contributed by atoms with E-state index >= 15 is 0 Å². The van der Waals surface area contributed by atoms with Gasteiger partial charge in [-0.05, 0) is 77.8 Å². The Kier molecular flexibility index (Phi) is 11.0. The van der Waals surface area contributed by atoms with E-state index in [-0.39, 0.29) is 23.8 Å². The van der Waals surface area contributed by atoms with Crippen molar-refractivity contribution >= 4 is 17.9 Å². The third kappa shape index (κ3) is 8.72. The maximum Gasteiger partial charge on any atom is 0.410 e. The predicted octanol–water partition coefficient (Wildman–Crippen LogP) is 4.13. The number of benzene rings is 1. The number of nitrogens with one attached hydrogen (secondary N) is 2. The van der Waals surface area contributed by atoms with Crippen LogP contribution in [0.3, 0.4) is 0 Å². The van der Waals surface area contributed by atoms with E-state index in [9.17, 15) is 14.4 Å². The lowest BCUT2D eigenvalue weighted by Crippen LogP contribution is -2.58. The highest BCUT2D eigenvalue weighted by atomic mass is 16.6. The van der Waals surface area contributed by atoms with Crippen LogP contribution in [0.4, 0.5) is 4.79 Å². The molecule has 8 heteroatoms. The number of amides is 3. The monoisotopic (exact) mass is 528 g/mol. The topological polar surface area (TPSA) is 91.0 Å². The zero-order valence-corrected chi connectivity index (χ0v) is 24.0.